The number of rotatable bonds is 9. The van der Waals surface area contributed by atoms with Crippen LogP contribution in [0.15, 0.2) is 30.5 Å². The fourth-order valence-electron chi connectivity index (χ4n) is 3.89. The van der Waals surface area contributed by atoms with E-state index in [1.54, 1.807) is 0 Å². The molecule has 0 aliphatic heterocycles. The smallest absolute Gasteiger partial charge is 0.339 e. The Hall–Kier alpha value is -2.66. The largest absolute Gasteiger partial charge is 0.480 e. The van der Waals surface area contributed by atoms with Crippen molar-refractivity contribution in [2.75, 3.05) is 18.1 Å². The lowest BCUT2D eigenvalue weighted by Gasteiger charge is -2.11. The molecule has 2 fully saturated rings. The number of alkyl halides is 2. The number of nitrogens with one attached hydrogen (secondary N) is 2. The molecule has 5 N–H and O–H groups in total. The number of anilines is 1. The molecule has 2 saturated carbocycles. The summed E-state index contributed by atoms with van der Waals surface area (Å²) < 4.78 is 37.4. The number of carboxylic acids is 1. The zero-order valence-electron chi connectivity index (χ0n) is 18.4. The zero-order valence-corrected chi connectivity index (χ0v) is 19.3. The van der Waals surface area contributed by atoms with Gasteiger partial charge in [0.05, 0.1) is 18.4 Å². The van der Waals surface area contributed by atoms with Gasteiger partial charge in [0.15, 0.2) is 0 Å². The molecule has 1 aromatic carbocycles. The average Bonchev–Trinajstić information content (AvgIpc) is 3.64. The Balaban J connectivity index is 0.000000277. The molecule has 2 aliphatic rings. The van der Waals surface area contributed by atoms with Crippen molar-refractivity contribution < 1.29 is 37.8 Å². The summed E-state index contributed by atoms with van der Waals surface area (Å²) in [6, 6.07) is 7.68. The molecule has 0 bridgehead atoms. The number of aliphatic carboxylic acids is 1. The highest BCUT2D eigenvalue weighted by atomic mass is 31.2. The van der Waals surface area contributed by atoms with Crippen LogP contribution in [-0.2, 0) is 16.4 Å². The molecule has 1 heterocycles. The van der Waals surface area contributed by atoms with E-state index in [0.29, 0.717) is 5.92 Å². The van der Waals surface area contributed by atoms with Crippen LogP contribution in [0.5, 0.6) is 0 Å². The van der Waals surface area contributed by atoms with Gasteiger partial charge in [0.1, 0.15) is 5.69 Å². The number of para-hydroxylation sites is 1. The number of aromatic nitrogens is 2. The lowest BCUT2D eigenvalue weighted by atomic mass is 10.0. The van der Waals surface area contributed by atoms with Crippen molar-refractivity contribution in [1.82, 2.24) is 15.1 Å². The first kappa shape index (κ1) is 26.0. The predicted molar refractivity (Wildman–Crippen MR) is 119 cm³/mol. The van der Waals surface area contributed by atoms with Crippen LogP contribution in [-0.4, -0.2) is 49.4 Å². The number of hydrogen-bond donors (Lipinski definition) is 5. The second-order valence-electron chi connectivity index (χ2n) is 8.43. The highest BCUT2D eigenvalue weighted by Crippen LogP contribution is 2.60. The van der Waals surface area contributed by atoms with Gasteiger partial charge >= 0.3 is 13.6 Å². The monoisotopic (exact) mass is 500 g/mol. The van der Waals surface area contributed by atoms with E-state index < -0.39 is 44.4 Å². The van der Waals surface area contributed by atoms with Gasteiger partial charge in [-0.05, 0) is 48.6 Å². The molecule has 1 aromatic heterocycles. The topological polar surface area (TPSA) is 154 Å². The fraction of sp³-hybridized carbons (Fsp3) is 0.476. The van der Waals surface area contributed by atoms with E-state index in [1.165, 1.54) is 30.8 Å². The van der Waals surface area contributed by atoms with Gasteiger partial charge < -0.3 is 20.2 Å². The minimum Gasteiger partial charge on any atom is -0.480 e. The van der Waals surface area contributed by atoms with Crippen molar-refractivity contribution in [3.05, 3.63) is 47.3 Å². The van der Waals surface area contributed by atoms with E-state index in [-0.39, 0.29) is 5.56 Å². The van der Waals surface area contributed by atoms with Crippen LogP contribution >= 0.6 is 7.60 Å². The normalized spacial score (nSPS) is 19.4. The SMILES string of the molecule is Cn1cc(C(=O)Nc2ccccc2C2CC2C2CC2)c(C(F)F)n1.O=C(O)CNCP(=O)(O)O. The minimum atomic E-state index is -4.10. The highest BCUT2D eigenvalue weighted by molar-refractivity contribution is 7.51. The Kier molecular flexibility index (Phi) is 8.19. The van der Waals surface area contributed by atoms with Gasteiger partial charge in [-0.3, -0.25) is 24.2 Å². The molecule has 0 saturated heterocycles. The maximum Gasteiger partial charge on any atom is 0.339 e. The molecule has 2 aliphatic carbocycles. The molecule has 2 unspecified atom stereocenters. The highest BCUT2D eigenvalue weighted by Gasteiger charge is 2.48. The van der Waals surface area contributed by atoms with Crippen molar-refractivity contribution in [2.45, 2.75) is 31.6 Å². The van der Waals surface area contributed by atoms with E-state index >= 15 is 0 Å². The quantitative estimate of drug-likeness (QED) is 0.330. The summed E-state index contributed by atoms with van der Waals surface area (Å²) in [7, 11) is -2.57. The summed E-state index contributed by atoms with van der Waals surface area (Å²) in [5.74, 6) is 0.362. The summed E-state index contributed by atoms with van der Waals surface area (Å²) in [6.45, 7) is -0.439. The van der Waals surface area contributed by atoms with Crippen LogP contribution in [0.1, 0.15) is 53.2 Å². The summed E-state index contributed by atoms with van der Waals surface area (Å²) in [4.78, 5) is 38.6. The van der Waals surface area contributed by atoms with Crippen LogP contribution in [0.25, 0.3) is 0 Å². The number of carbonyl (C=O) groups excluding carboxylic acids is 1. The third-order valence-corrected chi connectivity index (χ3v) is 6.21. The van der Waals surface area contributed by atoms with Gasteiger partial charge in [0.25, 0.3) is 12.3 Å². The second kappa shape index (κ2) is 10.7. The third-order valence-electron chi connectivity index (χ3n) is 5.58. The van der Waals surface area contributed by atoms with Crippen molar-refractivity contribution in [2.24, 2.45) is 18.9 Å². The van der Waals surface area contributed by atoms with E-state index in [4.69, 9.17) is 14.9 Å². The third kappa shape index (κ3) is 7.42. The molecule has 2 atom stereocenters. The number of hydrogen-bond acceptors (Lipinski definition) is 5. The Morgan fingerprint density at radius 2 is 1.94 bits per heavy atom. The number of nitrogens with zero attached hydrogens (tertiary/aromatic N) is 2. The van der Waals surface area contributed by atoms with E-state index in [1.807, 2.05) is 24.3 Å². The zero-order chi connectivity index (χ0) is 25.0. The summed E-state index contributed by atoms with van der Waals surface area (Å²) >= 11 is 0. The summed E-state index contributed by atoms with van der Waals surface area (Å²) in [6.07, 6.45) is 1.74. The van der Waals surface area contributed by atoms with Crippen LogP contribution in [0, 0.1) is 11.8 Å². The Morgan fingerprint density at radius 1 is 1.26 bits per heavy atom. The predicted octanol–water partition coefficient (Wildman–Crippen LogP) is 2.92. The number of amides is 1. The van der Waals surface area contributed by atoms with Gasteiger partial charge in [0.2, 0.25) is 0 Å². The number of aryl methyl sites for hydroxylation is 1. The van der Waals surface area contributed by atoms with Crippen LogP contribution in [0.4, 0.5) is 14.5 Å². The molecule has 186 valence electrons. The van der Waals surface area contributed by atoms with E-state index in [0.717, 1.165) is 29.5 Å². The molecular weight excluding hydrogens is 473 g/mol. The van der Waals surface area contributed by atoms with Gasteiger partial charge in [-0.25, -0.2) is 8.78 Å². The van der Waals surface area contributed by atoms with Crippen LogP contribution < -0.4 is 10.6 Å². The molecule has 13 heteroatoms. The van der Waals surface area contributed by atoms with Crippen molar-refractivity contribution >= 4 is 25.2 Å². The summed E-state index contributed by atoms with van der Waals surface area (Å²) in [5, 5.41) is 16.6. The fourth-order valence-corrected chi connectivity index (χ4v) is 4.29. The van der Waals surface area contributed by atoms with Crippen molar-refractivity contribution in [3.8, 4) is 0 Å². The lowest BCUT2D eigenvalue weighted by molar-refractivity contribution is -0.135. The standard InChI is InChI=1S/C18H19F2N3O.C3H8NO5P/c1-23-9-14(16(22-23)17(19)20)18(24)21-15-5-3-2-4-11(15)13-8-12(13)10-6-7-10;5-3(6)1-4-2-10(7,8)9/h2-5,9-10,12-13,17H,6-8H2,1H3,(H,21,24);4H,1-2H2,(H,5,6)(H2,7,8,9). The van der Waals surface area contributed by atoms with E-state index in [9.17, 15) is 22.9 Å². The van der Waals surface area contributed by atoms with Crippen molar-refractivity contribution in [3.63, 3.8) is 0 Å². The van der Waals surface area contributed by atoms with Gasteiger partial charge in [-0.15, -0.1) is 0 Å². The van der Waals surface area contributed by atoms with Gasteiger partial charge in [0, 0.05) is 18.9 Å². The molecule has 34 heavy (non-hydrogen) atoms. The Labute approximate surface area is 194 Å². The maximum atomic E-state index is 13.0. The number of carboxylic acid groups (broad SMARTS) is 1. The summed E-state index contributed by atoms with van der Waals surface area (Å²) in [5.41, 5.74) is 1.29. The lowest BCUT2D eigenvalue weighted by Crippen LogP contribution is -2.23. The van der Waals surface area contributed by atoms with Gasteiger partial charge in [-0.2, -0.15) is 5.10 Å². The number of carbonyl (C=O) groups is 2. The minimum absolute atomic E-state index is 0.0724. The van der Waals surface area contributed by atoms with Gasteiger partial charge in [-0.1, -0.05) is 18.2 Å². The van der Waals surface area contributed by atoms with Crippen LogP contribution in [0.3, 0.4) is 0 Å². The molecule has 2 aromatic rings. The first-order chi connectivity index (χ1) is 16.0. The number of halogens is 2. The first-order valence-electron chi connectivity index (χ1n) is 10.6. The molecule has 1 amide bonds. The van der Waals surface area contributed by atoms with E-state index in [2.05, 4.69) is 15.7 Å². The number of benzene rings is 1. The van der Waals surface area contributed by atoms with Crippen molar-refractivity contribution in [1.29, 1.82) is 0 Å². The molecular formula is C21H27F2N4O6P. The Bertz CT molecular complexity index is 1080. The maximum absolute atomic E-state index is 13.0. The molecule has 0 radical (unpaired) electrons. The second-order valence-corrected chi connectivity index (χ2v) is 10.1. The Morgan fingerprint density at radius 3 is 2.53 bits per heavy atom. The molecule has 0 spiro atoms. The first-order valence-corrected chi connectivity index (χ1v) is 12.4. The average molecular weight is 500 g/mol. The molecule has 10 nitrogen and oxygen atoms in total. The molecule has 4 rings (SSSR count). The van der Waals surface area contributed by atoms with Crippen LogP contribution in [0.2, 0.25) is 0 Å².